The van der Waals surface area contributed by atoms with Crippen LogP contribution < -0.4 is 30.9 Å². The van der Waals surface area contributed by atoms with Gasteiger partial charge in [-0.1, -0.05) is 36.4 Å². The Morgan fingerprint density at radius 3 is 2.27 bits per heavy atom. The molecule has 0 aliphatic carbocycles. The highest BCUT2D eigenvalue weighted by Gasteiger charge is 2.23. The summed E-state index contributed by atoms with van der Waals surface area (Å²) in [6.45, 7) is 0.889. The molecule has 192 valence electrons. The molecule has 37 heavy (non-hydrogen) atoms. The van der Waals surface area contributed by atoms with Gasteiger partial charge < -0.3 is 30.9 Å². The van der Waals surface area contributed by atoms with Crippen LogP contribution in [0.2, 0.25) is 0 Å². The van der Waals surface area contributed by atoms with Crippen LogP contribution in [-0.2, 0) is 14.4 Å². The zero-order valence-electron chi connectivity index (χ0n) is 20.6. The molecule has 0 saturated heterocycles. The molecule has 0 atom stereocenters. The molecule has 10 heteroatoms. The molecule has 10 nitrogen and oxygen atoms in total. The summed E-state index contributed by atoms with van der Waals surface area (Å²) in [4.78, 5) is 52.4. The Labute approximate surface area is 215 Å². The van der Waals surface area contributed by atoms with Crippen molar-refractivity contribution in [2.24, 2.45) is 5.73 Å². The number of aryl methyl sites for hydroxylation is 1. The topological polar surface area (TPSA) is 134 Å². The number of nitrogens with two attached hydrogens (primary N) is 1. The molecule has 0 aliphatic rings. The molecule has 0 heterocycles. The Morgan fingerprint density at radius 1 is 0.865 bits per heavy atom. The van der Waals surface area contributed by atoms with Gasteiger partial charge in [0.1, 0.15) is 12.3 Å². The number of hydrogen-bond acceptors (Lipinski definition) is 5. The monoisotopic (exact) mass is 503 g/mol. The third kappa shape index (κ3) is 8.10. The van der Waals surface area contributed by atoms with Crippen molar-refractivity contribution >= 4 is 40.8 Å². The number of hydrogen-bond donors (Lipinski definition) is 3. The van der Waals surface area contributed by atoms with E-state index in [-0.39, 0.29) is 25.6 Å². The molecule has 3 aromatic rings. The van der Waals surface area contributed by atoms with E-state index in [1.165, 1.54) is 15.9 Å². The van der Waals surface area contributed by atoms with Gasteiger partial charge in [-0.05, 0) is 48.9 Å². The van der Waals surface area contributed by atoms with Crippen LogP contribution in [0.25, 0.3) is 0 Å². The summed E-state index contributed by atoms with van der Waals surface area (Å²) in [5.41, 5.74) is 7.71. The predicted molar refractivity (Wildman–Crippen MR) is 142 cm³/mol. The quantitative estimate of drug-likeness (QED) is 0.391. The number of likely N-dealkylation sites (N-methyl/N-ethyl adjacent to an activating group) is 1. The molecule has 0 spiro atoms. The Bertz CT molecular complexity index is 1260. The van der Waals surface area contributed by atoms with Gasteiger partial charge in [-0.2, -0.15) is 0 Å². The number of anilines is 3. The Morgan fingerprint density at radius 2 is 1.57 bits per heavy atom. The zero-order chi connectivity index (χ0) is 26.8. The minimum absolute atomic E-state index is 0.295. The van der Waals surface area contributed by atoms with Crippen molar-refractivity contribution in [1.29, 1.82) is 0 Å². The third-order valence-corrected chi connectivity index (χ3v) is 5.30. The van der Waals surface area contributed by atoms with Gasteiger partial charge in [-0.15, -0.1) is 0 Å². The standard InChI is InChI=1S/C27H29N5O5/c1-19-8-6-9-20(14-19)30-27(36)29-16-25(34)32(17-26(35)31(2)21-10-4-3-5-11-21)22-12-7-13-23(15-22)37-18-24(28)33/h3-15H,16-18H2,1-2H3,(H2,28,33)(H2,29,30,36). The lowest BCUT2D eigenvalue weighted by molar-refractivity contribution is -0.121. The molecule has 0 aliphatic heterocycles. The first-order chi connectivity index (χ1) is 17.7. The summed E-state index contributed by atoms with van der Waals surface area (Å²) in [5, 5.41) is 5.20. The Kier molecular flexibility index (Phi) is 9.20. The van der Waals surface area contributed by atoms with E-state index in [2.05, 4.69) is 10.6 Å². The van der Waals surface area contributed by atoms with Gasteiger partial charge in [0.2, 0.25) is 11.8 Å². The lowest BCUT2D eigenvalue weighted by Gasteiger charge is -2.26. The van der Waals surface area contributed by atoms with Crippen LogP contribution >= 0.6 is 0 Å². The molecule has 4 N–H and O–H groups in total. The summed E-state index contributed by atoms with van der Waals surface area (Å²) in [5.74, 6) is -1.24. The highest BCUT2D eigenvalue weighted by molar-refractivity contribution is 6.05. The number of amides is 5. The lowest BCUT2D eigenvalue weighted by Crippen LogP contribution is -2.46. The predicted octanol–water partition coefficient (Wildman–Crippen LogP) is 2.68. The van der Waals surface area contributed by atoms with Gasteiger partial charge in [-0.25, -0.2) is 4.79 Å². The average molecular weight is 504 g/mol. The molecule has 0 radical (unpaired) electrons. The molecule has 3 aromatic carbocycles. The number of carbonyl (C=O) groups excluding carboxylic acids is 4. The molecule has 0 fully saturated rings. The molecule has 3 rings (SSSR count). The van der Waals surface area contributed by atoms with Crippen molar-refractivity contribution < 1.29 is 23.9 Å². The highest BCUT2D eigenvalue weighted by atomic mass is 16.5. The molecule has 0 aromatic heterocycles. The molecular weight excluding hydrogens is 474 g/mol. The summed E-state index contributed by atoms with van der Waals surface area (Å²) < 4.78 is 5.35. The van der Waals surface area contributed by atoms with Crippen molar-refractivity contribution in [1.82, 2.24) is 5.32 Å². The van der Waals surface area contributed by atoms with Crippen molar-refractivity contribution in [2.45, 2.75) is 6.92 Å². The second kappa shape index (κ2) is 12.7. The summed E-state index contributed by atoms with van der Waals surface area (Å²) in [7, 11) is 1.61. The number of ether oxygens (including phenoxy) is 1. The van der Waals surface area contributed by atoms with Crippen molar-refractivity contribution in [3.05, 3.63) is 84.4 Å². The fraction of sp³-hybridized carbons (Fsp3) is 0.185. The van der Waals surface area contributed by atoms with Crippen LogP contribution in [-0.4, -0.2) is 50.5 Å². The van der Waals surface area contributed by atoms with Gasteiger partial charge in [-0.3, -0.25) is 14.4 Å². The largest absolute Gasteiger partial charge is 0.484 e. The fourth-order valence-corrected chi connectivity index (χ4v) is 3.41. The van der Waals surface area contributed by atoms with Gasteiger partial charge in [0.15, 0.2) is 6.61 Å². The number of primary amides is 1. The molecule has 0 saturated carbocycles. The molecule has 5 amide bonds. The molecular formula is C27H29N5O5. The first-order valence-electron chi connectivity index (χ1n) is 11.5. The van der Waals surface area contributed by atoms with Gasteiger partial charge in [0, 0.05) is 30.2 Å². The van der Waals surface area contributed by atoms with E-state index < -0.39 is 17.8 Å². The third-order valence-electron chi connectivity index (χ3n) is 5.30. The summed E-state index contributed by atoms with van der Waals surface area (Å²) in [6.07, 6.45) is 0. The second-order valence-electron chi connectivity index (χ2n) is 8.20. The number of urea groups is 1. The van der Waals surface area contributed by atoms with Crippen LogP contribution in [0, 0.1) is 6.92 Å². The zero-order valence-corrected chi connectivity index (χ0v) is 20.6. The Balaban J connectivity index is 1.75. The van der Waals surface area contributed by atoms with E-state index in [0.29, 0.717) is 22.8 Å². The number of carbonyl (C=O) groups is 4. The maximum atomic E-state index is 13.2. The van der Waals surface area contributed by atoms with Crippen LogP contribution in [0.4, 0.5) is 21.9 Å². The van der Waals surface area contributed by atoms with Crippen molar-refractivity contribution in [3.63, 3.8) is 0 Å². The van der Waals surface area contributed by atoms with Crippen molar-refractivity contribution in [3.8, 4) is 5.75 Å². The number of benzene rings is 3. The van der Waals surface area contributed by atoms with E-state index in [1.807, 2.05) is 19.1 Å². The maximum absolute atomic E-state index is 13.2. The lowest BCUT2D eigenvalue weighted by atomic mass is 10.2. The average Bonchev–Trinajstić information content (AvgIpc) is 2.89. The van der Waals surface area contributed by atoms with Crippen LogP contribution in [0.1, 0.15) is 5.56 Å². The second-order valence-corrected chi connectivity index (χ2v) is 8.20. The van der Waals surface area contributed by atoms with Crippen LogP contribution in [0.5, 0.6) is 5.75 Å². The number of nitrogens with zero attached hydrogens (tertiary/aromatic N) is 2. The molecule has 0 bridgehead atoms. The van der Waals surface area contributed by atoms with Crippen molar-refractivity contribution in [2.75, 3.05) is 41.9 Å². The van der Waals surface area contributed by atoms with E-state index in [0.717, 1.165) is 5.56 Å². The normalized spacial score (nSPS) is 10.2. The van der Waals surface area contributed by atoms with E-state index in [9.17, 15) is 19.2 Å². The minimum Gasteiger partial charge on any atom is -0.484 e. The number of rotatable bonds is 10. The smallest absolute Gasteiger partial charge is 0.319 e. The fourth-order valence-electron chi connectivity index (χ4n) is 3.41. The highest BCUT2D eigenvalue weighted by Crippen LogP contribution is 2.22. The summed E-state index contributed by atoms with van der Waals surface area (Å²) >= 11 is 0. The van der Waals surface area contributed by atoms with Crippen LogP contribution in [0.15, 0.2) is 78.9 Å². The summed E-state index contributed by atoms with van der Waals surface area (Å²) in [6, 6.07) is 22.0. The SMILES string of the molecule is Cc1cccc(NC(=O)NCC(=O)N(CC(=O)N(C)c2ccccc2)c2cccc(OCC(N)=O)c2)c1. The van der Waals surface area contributed by atoms with Gasteiger partial charge in [0.25, 0.3) is 5.91 Å². The number of para-hydroxylation sites is 1. The van der Waals surface area contributed by atoms with E-state index in [4.69, 9.17) is 10.5 Å². The van der Waals surface area contributed by atoms with Gasteiger partial charge >= 0.3 is 6.03 Å². The Hall–Kier alpha value is -4.86. The number of nitrogens with one attached hydrogen (secondary N) is 2. The molecule has 0 unspecified atom stereocenters. The van der Waals surface area contributed by atoms with Gasteiger partial charge in [0.05, 0.1) is 6.54 Å². The van der Waals surface area contributed by atoms with Crippen LogP contribution in [0.3, 0.4) is 0 Å². The van der Waals surface area contributed by atoms with E-state index >= 15 is 0 Å². The first-order valence-corrected chi connectivity index (χ1v) is 11.5. The maximum Gasteiger partial charge on any atom is 0.319 e. The first kappa shape index (κ1) is 26.7. The minimum atomic E-state index is -0.651. The van der Waals surface area contributed by atoms with E-state index in [1.54, 1.807) is 67.7 Å².